The van der Waals surface area contributed by atoms with Crippen LogP contribution >= 0.6 is 0 Å². The maximum atomic E-state index is 12.0. The molecule has 60 valence electrons. The molecule has 0 aliphatic rings. The highest BCUT2D eigenvalue weighted by molar-refractivity contribution is 5.49. The summed E-state index contributed by atoms with van der Waals surface area (Å²) in [5.41, 5.74) is 0. The van der Waals surface area contributed by atoms with E-state index in [0.717, 1.165) is 12.7 Å². The Labute approximate surface area is 61.6 Å². The van der Waals surface area contributed by atoms with Crippen LogP contribution in [0.3, 0.4) is 0 Å². The maximum Gasteiger partial charge on any atom is 0.120 e. The Hall–Kier alpha value is -0.400. The summed E-state index contributed by atoms with van der Waals surface area (Å²) in [7, 11) is 0. The second-order valence-electron chi connectivity index (χ2n) is 3.05. The first-order chi connectivity index (χ1) is 4.70. The normalized spacial score (nSPS) is 13.6. The van der Waals surface area contributed by atoms with Crippen molar-refractivity contribution in [2.24, 2.45) is 11.8 Å². The van der Waals surface area contributed by atoms with Gasteiger partial charge in [-0.3, -0.25) is 4.39 Å². The fourth-order valence-electron chi connectivity index (χ4n) is 1.02. The van der Waals surface area contributed by atoms with Crippen LogP contribution in [0.2, 0.25) is 0 Å². The number of carbonyl (C=O) groups excluding carboxylic acids is 1. The minimum Gasteiger partial charge on any atom is -0.303 e. The molecule has 0 aliphatic heterocycles. The van der Waals surface area contributed by atoms with Gasteiger partial charge in [-0.05, 0) is 18.3 Å². The first kappa shape index (κ1) is 9.60. The molecule has 0 spiro atoms. The number of halogens is 1. The second-order valence-corrected chi connectivity index (χ2v) is 3.05. The highest BCUT2D eigenvalue weighted by Gasteiger charge is 2.08. The molecule has 2 heteroatoms. The van der Waals surface area contributed by atoms with Crippen molar-refractivity contribution in [3.8, 4) is 0 Å². The van der Waals surface area contributed by atoms with Gasteiger partial charge < -0.3 is 4.79 Å². The van der Waals surface area contributed by atoms with Gasteiger partial charge in [-0.15, -0.1) is 0 Å². The summed E-state index contributed by atoms with van der Waals surface area (Å²) in [6.45, 7) is 3.71. The third kappa shape index (κ3) is 4.48. The third-order valence-electron chi connectivity index (χ3n) is 1.45. The van der Waals surface area contributed by atoms with Gasteiger partial charge in [-0.1, -0.05) is 13.8 Å². The highest BCUT2D eigenvalue weighted by atomic mass is 19.1. The van der Waals surface area contributed by atoms with Crippen molar-refractivity contribution >= 4 is 6.29 Å². The molecule has 10 heavy (non-hydrogen) atoms. The number of hydrogen-bond donors (Lipinski definition) is 0. The average Bonchev–Trinajstić information content (AvgIpc) is 1.86. The van der Waals surface area contributed by atoms with Crippen LogP contribution in [0.25, 0.3) is 0 Å². The molecule has 0 fully saturated rings. The molecular formula is C8H15FO. The predicted molar refractivity (Wildman–Crippen MR) is 39.6 cm³/mol. The number of aldehydes is 1. The van der Waals surface area contributed by atoms with Crippen LogP contribution in [-0.4, -0.2) is 13.0 Å². The van der Waals surface area contributed by atoms with Gasteiger partial charge in [0.15, 0.2) is 0 Å². The Morgan fingerprint density at radius 3 is 2.40 bits per heavy atom. The molecule has 0 N–H and O–H groups in total. The van der Waals surface area contributed by atoms with Gasteiger partial charge in [0.2, 0.25) is 0 Å². The van der Waals surface area contributed by atoms with Crippen molar-refractivity contribution in [2.45, 2.75) is 26.7 Å². The van der Waals surface area contributed by atoms with Gasteiger partial charge in [0, 0.05) is 6.42 Å². The molecule has 0 saturated heterocycles. The monoisotopic (exact) mass is 146 g/mol. The van der Waals surface area contributed by atoms with Crippen LogP contribution < -0.4 is 0 Å². The number of alkyl halides is 1. The average molecular weight is 146 g/mol. The van der Waals surface area contributed by atoms with Crippen LogP contribution in [-0.2, 0) is 4.79 Å². The van der Waals surface area contributed by atoms with Gasteiger partial charge >= 0.3 is 0 Å². The quantitative estimate of drug-likeness (QED) is 0.543. The zero-order valence-electron chi connectivity index (χ0n) is 6.64. The van der Waals surface area contributed by atoms with Crippen molar-refractivity contribution in [1.82, 2.24) is 0 Å². The first-order valence-electron chi connectivity index (χ1n) is 3.70. The minimum absolute atomic E-state index is 0.0440. The molecule has 0 heterocycles. The van der Waals surface area contributed by atoms with Crippen LogP contribution in [0.4, 0.5) is 4.39 Å². The van der Waals surface area contributed by atoms with E-state index in [1.807, 2.05) is 13.8 Å². The van der Waals surface area contributed by atoms with Crippen LogP contribution in [0.15, 0.2) is 0 Å². The van der Waals surface area contributed by atoms with Gasteiger partial charge in [-0.2, -0.15) is 0 Å². The van der Waals surface area contributed by atoms with E-state index < -0.39 is 0 Å². The summed E-state index contributed by atoms with van der Waals surface area (Å²) < 4.78 is 12.0. The Bertz CT molecular complexity index is 91.3. The molecule has 0 rings (SSSR count). The van der Waals surface area contributed by atoms with Crippen molar-refractivity contribution in [3.05, 3.63) is 0 Å². The molecule has 0 bridgehead atoms. The Morgan fingerprint density at radius 1 is 1.50 bits per heavy atom. The van der Waals surface area contributed by atoms with Crippen LogP contribution in [0.5, 0.6) is 0 Å². The number of carbonyl (C=O) groups is 1. The van der Waals surface area contributed by atoms with E-state index in [0.29, 0.717) is 12.3 Å². The topological polar surface area (TPSA) is 17.1 Å². The summed E-state index contributed by atoms with van der Waals surface area (Å²) in [6.07, 6.45) is 1.98. The molecule has 1 unspecified atom stereocenters. The minimum atomic E-state index is -0.364. The molecule has 1 nitrogen and oxygen atoms in total. The lowest BCUT2D eigenvalue weighted by molar-refractivity contribution is -0.108. The zero-order chi connectivity index (χ0) is 7.98. The molecule has 0 aliphatic carbocycles. The van der Waals surface area contributed by atoms with E-state index in [4.69, 9.17) is 0 Å². The molecule has 1 atom stereocenters. The lowest BCUT2D eigenvalue weighted by atomic mass is 9.96. The molecule has 0 aromatic carbocycles. The van der Waals surface area contributed by atoms with Gasteiger partial charge in [0.05, 0.1) is 6.67 Å². The van der Waals surface area contributed by atoms with E-state index in [-0.39, 0.29) is 12.6 Å². The van der Waals surface area contributed by atoms with Crippen LogP contribution in [0, 0.1) is 11.8 Å². The van der Waals surface area contributed by atoms with Crippen molar-refractivity contribution in [1.29, 1.82) is 0 Å². The smallest absolute Gasteiger partial charge is 0.120 e. The summed E-state index contributed by atoms with van der Waals surface area (Å²) in [5.74, 6) is 0.443. The third-order valence-corrected chi connectivity index (χ3v) is 1.45. The lowest BCUT2D eigenvalue weighted by Gasteiger charge is -2.11. The number of rotatable bonds is 5. The Morgan fingerprint density at radius 2 is 2.10 bits per heavy atom. The maximum absolute atomic E-state index is 12.0. The summed E-state index contributed by atoms with van der Waals surface area (Å²) in [5, 5.41) is 0. The standard InChI is InChI=1S/C8H15FO/c1-7(2)5-8(6-9)3-4-10/h4,7-8H,3,5-6H2,1-2H3. The summed E-state index contributed by atoms with van der Waals surface area (Å²) >= 11 is 0. The van der Waals surface area contributed by atoms with E-state index >= 15 is 0 Å². The van der Waals surface area contributed by atoms with Crippen molar-refractivity contribution < 1.29 is 9.18 Å². The fourth-order valence-corrected chi connectivity index (χ4v) is 1.02. The van der Waals surface area contributed by atoms with E-state index in [9.17, 15) is 9.18 Å². The summed E-state index contributed by atoms with van der Waals surface area (Å²) in [4.78, 5) is 9.99. The van der Waals surface area contributed by atoms with Crippen molar-refractivity contribution in [2.75, 3.05) is 6.67 Å². The van der Waals surface area contributed by atoms with Gasteiger partial charge in [0.25, 0.3) is 0 Å². The van der Waals surface area contributed by atoms with E-state index in [1.165, 1.54) is 0 Å². The highest BCUT2D eigenvalue weighted by Crippen LogP contribution is 2.14. The molecule has 0 aromatic rings. The Kier molecular flexibility index (Phi) is 5.17. The second kappa shape index (κ2) is 5.39. The molecule has 0 radical (unpaired) electrons. The zero-order valence-corrected chi connectivity index (χ0v) is 6.64. The SMILES string of the molecule is CC(C)CC(CF)CC=O. The van der Waals surface area contributed by atoms with Crippen LogP contribution in [0.1, 0.15) is 26.7 Å². The van der Waals surface area contributed by atoms with E-state index in [2.05, 4.69) is 0 Å². The summed E-state index contributed by atoms with van der Waals surface area (Å²) in [6, 6.07) is 0. The fraction of sp³-hybridized carbons (Fsp3) is 0.875. The van der Waals surface area contributed by atoms with E-state index in [1.54, 1.807) is 0 Å². The molecular weight excluding hydrogens is 131 g/mol. The first-order valence-corrected chi connectivity index (χ1v) is 3.70. The van der Waals surface area contributed by atoms with Gasteiger partial charge in [0.1, 0.15) is 6.29 Å². The molecule has 0 amide bonds. The number of hydrogen-bond acceptors (Lipinski definition) is 1. The predicted octanol–water partition coefficient (Wildman–Crippen LogP) is 2.21. The lowest BCUT2D eigenvalue weighted by Crippen LogP contribution is -2.07. The molecule has 0 aromatic heterocycles. The Balaban J connectivity index is 3.48. The van der Waals surface area contributed by atoms with Crippen molar-refractivity contribution in [3.63, 3.8) is 0 Å². The largest absolute Gasteiger partial charge is 0.303 e. The van der Waals surface area contributed by atoms with Gasteiger partial charge in [-0.25, -0.2) is 0 Å². The molecule has 0 saturated carbocycles.